The fourth-order valence-corrected chi connectivity index (χ4v) is 5.63. The summed E-state index contributed by atoms with van der Waals surface area (Å²) in [5.74, 6) is -2.79. The Balaban J connectivity index is 1.43. The van der Waals surface area contributed by atoms with Crippen molar-refractivity contribution < 1.29 is 52.6 Å². The molecule has 2 aromatic carbocycles. The van der Waals surface area contributed by atoms with Crippen molar-refractivity contribution in [1.82, 2.24) is 15.7 Å². The first-order valence-corrected chi connectivity index (χ1v) is 16.7. The highest BCUT2D eigenvalue weighted by atomic mass is 16.8. The lowest BCUT2D eigenvalue weighted by molar-refractivity contribution is -0.177. The van der Waals surface area contributed by atoms with Crippen molar-refractivity contribution in [2.45, 2.75) is 57.3 Å². The summed E-state index contributed by atoms with van der Waals surface area (Å²) < 4.78 is 15.2. The van der Waals surface area contributed by atoms with Crippen molar-refractivity contribution in [3.63, 3.8) is 0 Å². The number of carbonyl (C=O) groups is 7. The monoisotopic (exact) mass is 709 g/mol. The van der Waals surface area contributed by atoms with Gasteiger partial charge in [0.2, 0.25) is 23.6 Å². The predicted octanol–water partition coefficient (Wildman–Crippen LogP) is 2.76. The molecule has 274 valence electrons. The van der Waals surface area contributed by atoms with Gasteiger partial charge in [-0.15, -0.1) is 0 Å². The largest absolute Gasteiger partial charge is 0.533 e. The van der Waals surface area contributed by atoms with Gasteiger partial charge in [0.25, 0.3) is 11.8 Å². The number of hydrogen-bond acceptors (Lipinski definition) is 11. The van der Waals surface area contributed by atoms with Crippen LogP contribution >= 0.6 is 0 Å². The van der Waals surface area contributed by atoms with Crippen molar-refractivity contribution in [1.29, 1.82) is 0 Å². The van der Waals surface area contributed by atoms with Crippen LogP contribution in [0.1, 0.15) is 68.4 Å². The highest BCUT2D eigenvalue weighted by Gasteiger charge is 2.35. The van der Waals surface area contributed by atoms with E-state index in [1.807, 2.05) is 12.1 Å². The third-order valence-electron chi connectivity index (χ3n) is 8.12. The maximum Gasteiger partial charge on any atom is 0.533 e. The molecule has 1 saturated heterocycles. The van der Waals surface area contributed by atoms with E-state index in [9.17, 15) is 33.6 Å². The number of carbonyl (C=O) groups excluding carboxylic acids is 7. The van der Waals surface area contributed by atoms with Crippen LogP contribution in [0.5, 0.6) is 0 Å². The number of anilines is 2. The maximum atomic E-state index is 12.7. The molecule has 0 unspecified atom stereocenters. The number of ether oxygens (including phenoxy) is 3. The lowest BCUT2D eigenvalue weighted by Gasteiger charge is -2.17. The Bertz CT molecular complexity index is 1520. The van der Waals surface area contributed by atoms with Crippen LogP contribution in [0.4, 0.5) is 16.2 Å². The zero-order valence-corrected chi connectivity index (χ0v) is 28.7. The minimum Gasteiger partial charge on any atom is -0.432 e. The number of imide groups is 1. The normalized spacial score (nSPS) is 13.3. The molecule has 16 heteroatoms. The number of hydrogen-bond donors (Lipinski definition) is 4. The van der Waals surface area contributed by atoms with E-state index in [1.54, 1.807) is 24.3 Å². The molecule has 0 spiro atoms. The summed E-state index contributed by atoms with van der Waals surface area (Å²) in [6.07, 6.45) is -0.0851. The number of hydroxylamine groups is 2. The number of nitrogens with zero attached hydrogens (tertiary/aromatic N) is 1. The van der Waals surface area contributed by atoms with Crippen molar-refractivity contribution in [2.24, 2.45) is 0 Å². The summed E-state index contributed by atoms with van der Waals surface area (Å²) in [5.41, 5.74) is 4.00. The zero-order chi connectivity index (χ0) is 36.8. The Hall–Kier alpha value is -5.35. The third-order valence-corrected chi connectivity index (χ3v) is 8.12. The fourth-order valence-electron chi connectivity index (χ4n) is 5.63. The van der Waals surface area contributed by atoms with Crippen molar-refractivity contribution in [3.8, 4) is 11.1 Å². The van der Waals surface area contributed by atoms with Gasteiger partial charge in [-0.25, -0.2) is 4.79 Å². The summed E-state index contributed by atoms with van der Waals surface area (Å²) in [5, 5.41) is 11.5. The van der Waals surface area contributed by atoms with E-state index in [0.717, 1.165) is 11.1 Å². The van der Waals surface area contributed by atoms with Crippen LogP contribution in [0.2, 0.25) is 0 Å². The number of nitrogens with one attached hydrogen (secondary N) is 4. The van der Waals surface area contributed by atoms with Gasteiger partial charge in [-0.05, 0) is 59.4 Å². The van der Waals surface area contributed by atoms with Gasteiger partial charge < -0.3 is 35.5 Å². The van der Waals surface area contributed by atoms with E-state index in [4.69, 9.17) is 19.0 Å². The summed E-state index contributed by atoms with van der Waals surface area (Å²) in [7, 11) is 3.08. The smallest absolute Gasteiger partial charge is 0.432 e. The van der Waals surface area contributed by atoms with Gasteiger partial charge >= 0.3 is 6.16 Å². The molecule has 6 amide bonds. The second kappa shape index (κ2) is 19.2. The molecule has 0 atom stereocenters. The van der Waals surface area contributed by atoms with Crippen LogP contribution in [-0.2, 0) is 47.8 Å². The molecule has 2 aliphatic rings. The highest BCUT2D eigenvalue weighted by Crippen LogP contribution is 2.47. The molecule has 1 aliphatic heterocycles. The number of methoxy groups -OCH3 is 2. The van der Waals surface area contributed by atoms with E-state index in [2.05, 4.69) is 21.3 Å². The minimum absolute atomic E-state index is 0.0678. The minimum atomic E-state index is -1.24. The Labute approximate surface area is 294 Å². The molecule has 16 nitrogen and oxygen atoms in total. The van der Waals surface area contributed by atoms with E-state index in [-0.39, 0.29) is 68.8 Å². The van der Waals surface area contributed by atoms with Gasteiger partial charge in [-0.1, -0.05) is 17.2 Å². The Morgan fingerprint density at radius 1 is 0.686 bits per heavy atom. The standard InChI is InChI=1S/C35H43N5O11/c1-48-17-15-36-29(41)5-3-7-31(43)38-22-9-11-24-25-12-10-23(39-32(44)8-4-6-30(42)37-16-18-49-2)20-27(25)28(26(24)19-22)21-50-35(47)51-40-33(45)13-14-34(40)46/h9-12,19-20,28H,3-8,13-18,21H2,1-2H3,(H,36,41)(H,37,42)(H,38,43)(H,39,44). The molecule has 4 rings (SSSR count). The number of rotatable bonds is 19. The molecule has 51 heavy (non-hydrogen) atoms. The molecule has 0 bridgehead atoms. The van der Waals surface area contributed by atoms with E-state index in [1.165, 1.54) is 14.2 Å². The average molecular weight is 710 g/mol. The first kappa shape index (κ1) is 38.5. The first-order chi connectivity index (χ1) is 24.6. The highest BCUT2D eigenvalue weighted by molar-refractivity contribution is 6.01. The Morgan fingerprint density at radius 2 is 1.14 bits per heavy atom. The molecule has 1 fully saturated rings. The van der Waals surface area contributed by atoms with Gasteiger partial charge in [0.15, 0.2) is 0 Å². The van der Waals surface area contributed by atoms with Crippen LogP contribution < -0.4 is 21.3 Å². The van der Waals surface area contributed by atoms with Gasteiger partial charge in [0, 0.05) is 83.1 Å². The molecule has 0 saturated carbocycles. The predicted molar refractivity (Wildman–Crippen MR) is 182 cm³/mol. The average Bonchev–Trinajstić information content (AvgIpc) is 3.57. The van der Waals surface area contributed by atoms with Crippen molar-refractivity contribution in [2.75, 3.05) is 57.8 Å². The molecule has 4 N–H and O–H groups in total. The van der Waals surface area contributed by atoms with Crippen LogP contribution in [-0.4, -0.2) is 93.8 Å². The second-order valence-corrected chi connectivity index (χ2v) is 11.9. The fraction of sp³-hybridized carbons (Fsp3) is 0.457. The number of benzene rings is 2. The topological polar surface area (TPSA) is 208 Å². The summed E-state index contributed by atoms with van der Waals surface area (Å²) in [4.78, 5) is 90.6. The van der Waals surface area contributed by atoms with Gasteiger partial charge in [-0.3, -0.25) is 33.6 Å². The van der Waals surface area contributed by atoms with Crippen molar-refractivity contribution >= 4 is 53.0 Å². The van der Waals surface area contributed by atoms with E-state index < -0.39 is 23.9 Å². The number of fused-ring (bicyclic) bond motifs is 3. The summed E-state index contributed by atoms with van der Waals surface area (Å²) >= 11 is 0. The van der Waals surface area contributed by atoms with Crippen LogP contribution in [0.25, 0.3) is 11.1 Å². The molecule has 0 aromatic heterocycles. The van der Waals surface area contributed by atoms with E-state index >= 15 is 0 Å². The molecule has 1 heterocycles. The molecule has 2 aromatic rings. The lowest BCUT2D eigenvalue weighted by Crippen LogP contribution is -2.32. The summed E-state index contributed by atoms with van der Waals surface area (Å²) in [6.45, 7) is 1.32. The molecule has 1 aliphatic carbocycles. The third kappa shape index (κ3) is 11.3. The van der Waals surface area contributed by atoms with Crippen LogP contribution in [0, 0.1) is 0 Å². The van der Waals surface area contributed by atoms with E-state index in [0.29, 0.717) is 66.7 Å². The van der Waals surface area contributed by atoms with Crippen molar-refractivity contribution in [3.05, 3.63) is 47.5 Å². The molecular weight excluding hydrogens is 666 g/mol. The SMILES string of the molecule is COCCNC(=O)CCCC(=O)Nc1ccc2c(c1)C(COC(=O)ON1C(=O)CCC1=O)c1cc(NC(=O)CCCC(=O)NCCOC)ccc1-2. The summed E-state index contributed by atoms with van der Waals surface area (Å²) in [6, 6.07) is 10.6. The van der Waals surface area contributed by atoms with Crippen LogP contribution in [0.3, 0.4) is 0 Å². The second-order valence-electron chi connectivity index (χ2n) is 11.9. The van der Waals surface area contributed by atoms with Gasteiger partial charge in [0.1, 0.15) is 6.61 Å². The molecule has 0 radical (unpaired) electrons. The molecular formula is C35H43N5O11. The van der Waals surface area contributed by atoms with Gasteiger partial charge in [0.05, 0.1) is 13.2 Å². The quantitative estimate of drug-likeness (QED) is 0.0947. The Kier molecular flexibility index (Phi) is 14.4. The lowest BCUT2D eigenvalue weighted by atomic mass is 9.97. The van der Waals surface area contributed by atoms with Gasteiger partial charge in [-0.2, -0.15) is 0 Å². The Morgan fingerprint density at radius 3 is 1.59 bits per heavy atom. The van der Waals surface area contributed by atoms with Crippen LogP contribution in [0.15, 0.2) is 36.4 Å². The number of amides is 6. The first-order valence-electron chi connectivity index (χ1n) is 16.7. The maximum absolute atomic E-state index is 12.7. The zero-order valence-electron chi connectivity index (χ0n) is 28.7.